The third-order valence-corrected chi connectivity index (χ3v) is 3.91. The molecule has 0 aliphatic carbocycles. The fourth-order valence-electron chi connectivity index (χ4n) is 2.08. The SMILES string of the molecule is Nc1ccc2ccn(CCc3cccs3)c2c1. The first kappa shape index (κ1) is 10.4. The summed E-state index contributed by atoms with van der Waals surface area (Å²) in [6.45, 7) is 1.01. The molecule has 2 aromatic heterocycles. The molecule has 2 nitrogen and oxygen atoms in total. The number of anilines is 1. The predicted molar refractivity (Wildman–Crippen MR) is 74.4 cm³/mol. The van der Waals surface area contributed by atoms with Crippen LogP contribution in [0.1, 0.15) is 4.88 Å². The Kier molecular flexibility index (Phi) is 2.61. The topological polar surface area (TPSA) is 30.9 Å². The quantitative estimate of drug-likeness (QED) is 0.700. The van der Waals surface area contributed by atoms with Crippen LogP contribution in [-0.2, 0) is 13.0 Å². The summed E-state index contributed by atoms with van der Waals surface area (Å²) in [6.07, 6.45) is 3.22. The van der Waals surface area contributed by atoms with E-state index in [2.05, 4.69) is 40.4 Å². The number of nitrogen functional groups attached to an aromatic ring is 1. The van der Waals surface area contributed by atoms with Crippen molar-refractivity contribution in [2.45, 2.75) is 13.0 Å². The zero-order valence-electron chi connectivity index (χ0n) is 9.47. The Balaban J connectivity index is 1.87. The molecule has 2 N–H and O–H groups in total. The van der Waals surface area contributed by atoms with Crippen molar-refractivity contribution < 1.29 is 0 Å². The average molecular weight is 242 g/mol. The summed E-state index contributed by atoms with van der Waals surface area (Å²) in [7, 11) is 0. The summed E-state index contributed by atoms with van der Waals surface area (Å²) in [5.41, 5.74) is 7.88. The number of hydrogen-bond donors (Lipinski definition) is 1. The van der Waals surface area contributed by atoms with Crippen molar-refractivity contribution in [1.82, 2.24) is 4.57 Å². The molecule has 0 amide bonds. The van der Waals surface area contributed by atoms with Gasteiger partial charge in [0.15, 0.2) is 0 Å². The van der Waals surface area contributed by atoms with E-state index in [1.807, 2.05) is 23.5 Å². The zero-order valence-corrected chi connectivity index (χ0v) is 10.3. The van der Waals surface area contributed by atoms with Crippen molar-refractivity contribution in [3.8, 4) is 0 Å². The third-order valence-electron chi connectivity index (χ3n) is 2.98. The Hall–Kier alpha value is -1.74. The van der Waals surface area contributed by atoms with Crippen LogP contribution >= 0.6 is 11.3 Å². The van der Waals surface area contributed by atoms with Gasteiger partial charge < -0.3 is 10.3 Å². The summed E-state index contributed by atoms with van der Waals surface area (Å²) in [5.74, 6) is 0. The van der Waals surface area contributed by atoms with Crippen molar-refractivity contribution >= 4 is 27.9 Å². The predicted octanol–water partition coefficient (Wildman–Crippen LogP) is 3.53. The fourth-order valence-corrected chi connectivity index (χ4v) is 2.78. The van der Waals surface area contributed by atoms with Crippen molar-refractivity contribution in [3.63, 3.8) is 0 Å². The van der Waals surface area contributed by atoms with Crippen molar-refractivity contribution in [2.24, 2.45) is 0 Å². The van der Waals surface area contributed by atoms with Gasteiger partial charge in [-0.15, -0.1) is 11.3 Å². The van der Waals surface area contributed by atoms with Gasteiger partial charge in [0, 0.05) is 23.3 Å². The highest BCUT2D eigenvalue weighted by Crippen LogP contribution is 2.20. The van der Waals surface area contributed by atoms with Gasteiger partial charge in [0.05, 0.1) is 5.52 Å². The molecule has 0 atom stereocenters. The zero-order chi connectivity index (χ0) is 11.7. The van der Waals surface area contributed by atoms with E-state index in [4.69, 9.17) is 5.73 Å². The van der Waals surface area contributed by atoms with Crippen LogP contribution in [-0.4, -0.2) is 4.57 Å². The number of aryl methyl sites for hydroxylation is 2. The van der Waals surface area contributed by atoms with Crippen LogP contribution in [0.2, 0.25) is 0 Å². The summed E-state index contributed by atoms with van der Waals surface area (Å²) in [4.78, 5) is 1.43. The maximum absolute atomic E-state index is 5.83. The second-order valence-electron chi connectivity index (χ2n) is 4.16. The van der Waals surface area contributed by atoms with Crippen LogP contribution < -0.4 is 5.73 Å². The van der Waals surface area contributed by atoms with Gasteiger partial charge in [-0.1, -0.05) is 12.1 Å². The Morgan fingerprint density at radius 2 is 2.12 bits per heavy atom. The molecule has 2 heterocycles. The summed E-state index contributed by atoms with van der Waals surface area (Å²) in [6, 6.07) is 12.5. The summed E-state index contributed by atoms with van der Waals surface area (Å²) >= 11 is 1.82. The molecular weight excluding hydrogens is 228 g/mol. The molecule has 3 aromatic rings. The standard InChI is InChI=1S/C14H14N2S/c15-12-4-3-11-5-7-16(14(11)10-12)8-6-13-2-1-9-17-13/h1-5,7,9-10H,6,8,15H2. The average Bonchev–Trinajstić information content (AvgIpc) is 2.94. The Morgan fingerprint density at radius 1 is 1.18 bits per heavy atom. The van der Waals surface area contributed by atoms with E-state index in [9.17, 15) is 0 Å². The molecule has 0 spiro atoms. The minimum absolute atomic E-state index is 0.827. The molecule has 86 valence electrons. The van der Waals surface area contributed by atoms with Crippen LogP contribution in [0.4, 0.5) is 5.69 Å². The number of thiophene rings is 1. The van der Waals surface area contributed by atoms with Gasteiger partial charge in [-0.3, -0.25) is 0 Å². The van der Waals surface area contributed by atoms with E-state index in [0.29, 0.717) is 0 Å². The molecule has 0 bridgehead atoms. The van der Waals surface area contributed by atoms with Crippen molar-refractivity contribution in [3.05, 3.63) is 52.9 Å². The van der Waals surface area contributed by atoms with Gasteiger partial charge in [0.2, 0.25) is 0 Å². The first-order valence-corrected chi connectivity index (χ1v) is 6.58. The molecule has 0 saturated carbocycles. The van der Waals surface area contributed by atoms with E-state index >= 15 is 0 Å². The van der Waals surface area contributed by atoms with Crippen LogP contribution in [0.3, 0.4) is 0 Å². The van der Waals surface area contributed by atoms with Crippen LogP contribution in [0.5, 0.6) is 0 Å². The molecule has 0 aliphatic rings. The number of hydrogen-bond acceptors (Lipinski definition) is 2. The van der Waals surface area contributed by atoms with Gasteiger partial charge in [0.25, 0.3) is 0 Å². The molecule has 0 unspecified atom stereocenters. The van der Waals surface area contributed by atoms with E-state index in [-0.39, 0.29) is 0 Å². The Labute approximate surface area is 104 Å². The summed E-state index contributed by atoms with van der Waals surface area (Å²) < 4.78 is 2.27. The molecule has 3 rings (SSSR count). The molecule has 0 aliphatic heterocycles. The lowest BCUT2D eigenvalue weighted by Gasteiger charge is -2.04. The molecule has 0 fully saturated rings. The molecule has 1 aromatic carbocycles. The molecule has 17 heavy (non-hydrogen) atoms. The van der Waals surface area contributed by atoms with Gasteiger partial charge in [-0.05, 0) is 41.5 Å². The lowest BCUT2D eigenvalue weighted by molar-refractivity contribution is 0.730. The van der Waals surface area contributed by atoms with Gasteiger partial charge in [-0.2, -0.15) is 0 Å². The first-order valence-electron chi connectivity index (χ1n) is 5.70. The van der Waals surface area contributed by atoms with Crippen molar-refractivity contribution in [1.29, 1.82) is 0 Å². The normalized spacial score (nSPS) is 11.1. The molecular formula is C14H14N2S. The molecule has 0 radical (unpaired) electrons. The molecule has 3 heteroatoms. The Bertz CT molecular complexity index is 623. The number of nitrogens with zero attached hydrogens (tertiary/aromatic N) is 1. The minimum atomic E-state index is 0.827. The van der Waals surface area contributed by atoms with Gasteiger partial charge in [0.1, 0.15) is 0 Å². The fraction of sp³-hybridized carbons (Fsp3) is 0.143. The van der Waals surface area contributed by atoms with Crippen LogP contribution in [0.25, 0.3) is 10.9 Å². The van der Waals surface area contributed by atoms with Crippen molar-refractivity contribution in [2.75, 3.05) is 5.73 Å². The van der Waals surface area contributed by atoms with E-state index in [1.54, 1.807) is 0 Å². The van der Waals surface area contributed by atoms with E-state index in [1.165, 1.54) is 15.8 Å². The lowest BCUT2D eigenvalue weighted by Crippen LogP contribution is -1.98. The first-order chi connectivity index (χ1) is 8.33. The highest BCUT2D eigenvalue weighted by molar-refractivity contribution is 7.09. The Morgan fingerprint density at radius 3 is 2.94 bits per heavy atom. The highest BCUT2D eigenvalue weighted by Gasteiger charge is 2.02. The second-order valence-corrected chi connectivity index (χ2v) is 5.19. The minimum Gasteiger partial charge on any atom is -0.399 e. The maximum atomic E-state index is 5.83. The highest BCUT2D eigenvalue weighted by atomic mass is 32.1. The van der Waals surface area contributed by atoms with E-state index in [0.717, 1.165) is 18.7 Å². The smallest absolute Gasteiger partial charge is 0.0501 e. The second kappa shape index (κ2) is 4.26. The lowest BCUT2D eigenvalue weighted by atomic mass is 10.2. The maximum Gasteiger partial charge on any atom is 0.0501 e. The van der Waals surface area contributed by atoms with Crippen LogP contribution in [0, 0.1) is 0 Å². The van der Waals surface area contributed by atoms with Crippen LogP contribution in [0.15, 0.2) is 48.0 Å². The molecule has 0 saturated heterocycles. The van der Waals surface area contributed by atoms with Gasteiger partial charge in [-0.25, -0.2) is 0 Å². The number of rotatable bonds is 3. The number of fused-ring (bicyclic) bond motifs is 1. The largest absolute Gasteiger partial charge is 0.399 e. The monoisotopic (exact) mass is 242 g/mol. The third kappa shape index (κ3) is 2.06. The number of aromatic nitrogens is 1. The van der Waals surface area contributed by atoms with E-state index < -0.39 is 0 Å². The number of benzene rings is 1. The number of nitrogens with two attached hydrogens (primary N) is 1. The van der Waals surface area contributed by atoms with Gasteiger partial charge >= 0.3 is 0 Å². The summed E-state index contributed by atoms with van der Waals surface area (Å²) in [5, 5.41) is 3.38.